The van der Waals surface area contributed by atoms with Gasteiger partial charge in [0, 0.05) is 16.5 Å². The predicted molar refractivity (Wildman–Crippen MR) is 111 cm³/mol. The molecule has 1 heterocycles. The fourth-order valence-electron chi connectivity index (χ4n) is 3.17. The van der Waals surface area contributed by atoms with Crippen molar-refractivity contribution in [2.75, 3.05) is 0 Å². The molecule has 2 N–H and O–H groups in total. The average Bonchev–Trinajstić information content (AvgIpc) is 2.69. The smallest absolute Gasteiger partial charge is 0.165 e. The van der Waals surface area contributed by atoms with Crippen LogP contribution in [0.25, 0.3) is 39.4 Å². The van der Waals surface area contributed by atoms with Crippen molar-refractivity contribution in [1.82, 2.24) is 4.98 Å². The molecule has 0 saturated carbocycles. The van der Waals surface area contributed by atoms with Crippen LogP contribution in [0.3, 0.4) is 0 Å². The average molecular weight is 392 g/mol. The summed E-state index contributed by atoms with van der Waals surface area (Å²) in [5, 5.41) is 20.7. The Balaban J connectivity index is 1.96. The third-order valence-electron chi connectivity index (χ3n) is 4.58. The summed E-state index contributed by atoms with van der Waals surface area (Å²) in [6.45, 7) is 3.86. The summed E-state index contributed by atoms with van der Waals surface area (Å²) in [4.78, 5) is 4.59. The Labute approximate surface area is 166 Å². The minimum Gasteiger partial charge on any atom is -0.507 e. The molecule has 0 unspecified atom stereocenters. The molecule has 5 heteroatoms. The lowest BCUT2D eigenvalue weighted by Crippen LogP contribution is -1.92. The van der Waals surface area contributed by atoms with E-state index < -0.39 is 11.6 Å². The van der Waals surface area contributed by atoms with Gasteiger partial charge in [-0.05, 0) is 53.6 Å². The molecule has 1 aromatic heterocycles. The number of nitrogens with zero attached hydrogens (tertiary/aromatic N) is 1. The fraction of sp³-hybridized carbons (Fsp3) is 0. The molecule has 4 rings (SSSR count). The Kier molecular flexibility index (Phi) is 4.49. The highest BCUT2D eigenvalue weighted by molar-refractivity contribution is 6.35. The van der Waals surface area contributed by atoms with Crippen molar-refractivity contribution >= 4 is 28.6 Å². The molecule has 28 heavy (non-hydrogen) atoms. The van der Waals surface area contributed by atoms with Gasteiger partial charge >= 0.3 is 0 Å². The lowest BCUT2D eigenvalue weighted by Gasteiger charge is -2.12. The summed E-state index contributed by atoms with van der Waals surface area (Å²) in [7, 11) is 0. The predicted octanol–water partition coefficient (Wildman–Crippen LogP) is 6.42. The summed E-state index contributed by atoms with van der Waals surface area (Å²) in [5.74, 6) is -0.985. The van der Waals surface area contributed by atoms with Crippen LogP contribution in [0, 0.1) is 5.82 Å². The summed E-state index contributed by atoms with van der Waals surface area (Å²) in [5.41, 5.74) is 3.75. The van der Waals surface area contributed by atoms with Gasteiger partial charge in [-0.15, -0.1) is 0 Å². The van der Waals surface area contributed by atoms with E-state index in [1.807, 2.05) is 12.1 Å². The molecule has 4 aromatic rings. The highest BCUT2D eigenvalue weighted by atomic mass is 35.5. The van der Waals surface area contributed by atoms with Crippen molar-refractivity contribution in [2.45, 2.75) is 0 Å². The number of benzene rings is 3. The van der Waals surface area contributed by atoms with Gasteiger partial charge in [-0.3, -0.25) is 0 Å². The third kappa shape index (κ3) is 3.08. The topological polar surface area (TPSA) is 53.4 Å². The van der Waals surface area contributed by atoms with Crippen molar-refractivity contribution in [2.24, 2.45) is 0 Å². The highest BCUT2D eigenvalue weighted by Gasteiger charge is 2.14. The first-order valence-electron chi connectivity index (χ1n) is 8.52. The molecule has 3 nitrogen and oxygen atoms in total. The second kappa shape index (κ2) is 6.98. The maximum atomic E-state index is 13.8. The largest absolute Gasteiger partial charge is 0.507 e. The monoisotopic (exact) mass is 391 g/mol. The van der Waals surface area contributed by atoms with E-state index in [0.29, 0.717) is 27.4 Å². The van der Waals surface area contributed by atoms with Gasteiger partial charge in [0.25, 0.3) is 0 Å². The SMILES string of the molecule is C=Cc1cc(-c2ccc(O)c(F)c2)nc2c(Cl)cc(-c3ccccc3O)cc12. The molecule has 0 aliphatic heterocycles. The summed E-state index contributed by atoms with van der Waals surface area (Å²) < 4.78 is 13.8. The quantitative estimate of drug-likeness (QED) is 0.424. The van der Waals surface area contributed by atoms with Crippen LogP contribution in [0.2, 0.25) is 5.02 Å². The lowest BCUT2D eigenvalue weighted by molar-refractivity contribution is 0.432. The van der Waals surface area contributed by atoms with E-state index in [-0.39, 0.29) is 5.75 Å². The number of aromatic nitrogens is 1. The minimum atomic E-state index is -0.722. The van der Waals surface area contributed by atoms with Gasteiger partial charge in [-0.1, -0.05) is 42.5 Å². The molecule has 0 saturated heterocycles. The third-order valence-corrected chi connectivity index (χ3v) is 4.87. The van der Waals surface area contributed by atoms with Gasteiger partial charge in [-0.2, -0.15) is 0 Å². The molecular formula is C23H15ClFNO2. The van der Waals surface area contributed by atoms with Crippen LogP contribution >= 0.6 is 11.6 Å². The van der Waals surface area contributed by atoms with Crippen molar-refractivity contribution < 1.29 is 14.6 Å². The second-order valence-corrected chi connectivity index (χ2v) is 6.75. The molecule has 0 radical (unpaired) electrons. The van der Waals surface area contributed by atoms with Crippen LogP contribution in [0.1, 0.15) is 5.56 Å². The van der Waals surface area contributed by atoms with E-state index in [4.69, 9.17) is 11.6 Å². The molecule has 0 bridgehead atoms. The Morgan fingerprint density at radius 2 is 1.71 bits per heavy atom. The molecule has 0 amide bonds. The lowest BCUT2D eigenvalue weighted by atomic mass is 9.98. The zero-order valence-corrected chi connectivity index (χ0v) is 15.4. The molecular weight excluding hydrogens is 377 g/mol. The normalized spacial score (nSPS) is 10.9. The summed E-state index contributed by atoms with van der Waals surface area (Å²) >= 11 is 6.52. The number of phenolic OH excluding ortho intramolecular Hbond substituents is 2. The standard InChI is InChI=1S/C23H15ClFNO2/c1-2-13-12-20(14-7-8-22(28)19(25)11-14)26-23-17(13)9-15(10-18(23)24)16-5-3-4-6-21(16)27/h2-12,27-28H,1H2. The number of hydrogen-bond donors (Lipinski definition) is 2. The van der Waals surface area contributed by atoms with Gasteiger partial charge in [-0.25, -0.2) is 9.37 Å². The molecule has 138 valence electrons. The van der Waals surface area contributed by atoms with Gasteiger partial charge < -0.3 is 10.2 Å². The Bertz CT molecular complexity index is 1240. The fourth-order valence-corrected chi connectivity index (χ4v) is 3.43. The van der Waals surface area contributed by atoms with Gasteiger partial charge in [0.1, 0.15) is 5.75 Å². The Hall–Kier alpha value is -3.37. The Morgan fingerprint density at radius 1 is 0.929 bits per heavy atom. The van der Waals surface area contributed by atoms with E-state index in [9.17, 15) is 14.6 Å². The van der Waals surface area contributed by atoms with E-state index in [1.54, 1.807) is 42.5 Å². The maximum absolute atomic E-state index is 13.8. The Morgan fingerprint density at radius 3 is 2.43 bits per heavy atom. The van der Waals surface area contributed by atoms with Crippen molar-refractivity contribution in [1.29, 1.82) is 0 Å². The van der Waals surface area contributed by atoms with Crippen molar-refractivity contribution in [3.05, 3.63) is 83.6 Å². The van der Waals surface area contributed by atoms with E-state index >= 15 is 0 Å². The first-order valence-corrected chi connectivity index (χ1v) is 8.89. The zero-order chi connectivity index (χ0) is 19.8. The van der Waals surface area contributed by atoms with E-state index in [0.717, 1.165) is 16.5 Å². The summed E-state index contributed by atoms with van der Waals surface area (Å²) in [6, 6.07) is 16.5. The summed E-state index contributed by atoms with van der Waals surface area (Å²) in [6.07, 6.45) is 1.68. The molecule has 0 aliphatic rings. The number of aromatic hydroxyl groups is 2. The molecule has 3 aromatic carbocycles. The maximum Gasteiger partial charge on any atom is 0.165 e. The molecule has 0 fully saturated rings. The number of hydrogen-bond acceptors (Lipinski definition) is 3. The van der Waals surface area contributed by atoms with Crippen molar-refractivity contribution in [3.63, 3.8) is 0 Å². The van der Waals surface area contributed by atoms with Crippen LogP contribution in [0.15, 0.2) is 67.2 Å². The number of pyridine rings is 1. The highest BCUT2D eigenvalue weighted by Crippen LogP contribution is 2.37. The van der Waals surface area contributed by atoms with Gasteiger partial charge in [0.2, 0.25) is 0 Å². The zero-order valence-electron chi connectivity index (χ0n) is 14.7. The molecule has 0 atom stereocenters. The van der Waals surface area contributed by atoms with Crippen LogP contribution in [0.5, 0.6) is 11.5 Å². The number of para-hydroxylation sites is 1. The minimum absolute atomic E-state index is 0.155. The number of fused-ring (bicyclic) bond motifs is 1. The molecule has 0 spiro atoms. The second-order valence-electron chi connectivity index (χ2n) is 6.34. The van der Waals surface area contributed by atoms with Crippen molar-refractivity contribution in [3.8, 4) is 33.9 Å². The van der Waals surface area contributed by atoms with E-state index in [2.05, 4.69) is 11.6 Å². The van der Waals surface area contributed by atoms with Gasteiger partial charge in [0.15, 0.2) is 11.6 Å². The van der Waals surface area contributed by atoms with Crippen LogP contribution in [0.4, 0.5) is 4.39 Å². The van der Waals surface area contributed by atoms with Crippen LogP contribution in [-0.4, -0.2) is 15.2 Å². The van der Waals surface area contributed by atoms with E-state index in [1.165, 1.54) is 12.1 Å². The van der Waals surface area contributed by atoms with Crippen LogP contribution < -0.4 is 0 Å². The first kappa shape index (κ1) is 18.0. The number of phenols is 2. The molecule has 0 aliphatic carbocycles. The van der Waals surface area contributed by atoms with Crippen LogP contribution in [-0.2, 0) is 0 Å². The number of rotatable bonds is 3. The van der Waals surface area contributed by atoms with Gasteiger partial charge in [0.05, 0.1) is 16.2 Å². The number of halogens is 2. The first-order chi connectivity index (χ1) is 13.5.